The van der Waals surface area contributed by atoms with Crippen LogP contribution < -0.4 is 4.90 Å². The van der Waals surface area contributed by atoms with E-state index < -0.39 is 0 Å². The normalized spacial score (nSPS) is 16.6. The predicted molar refractivity (Wildman–Crippen MR) is 112 cm³/mol. The topological polar surface area (TPSA) is 37.6 Å². The molecule has 1 aliphatic heterocycles. The molecular weight excluding hydrogens is 374 g/mol. The number of piperazine rings is 1. The van der Waals surface area contributed by atoms with Crippen LogP contribution in [0.1, 0.15) is 12.5 Å². The Hall–Kier alpha value is -1.89. The van der Waals surface area contributed by atoms with Gasteiger partial charge >= 0.3 is 0 Å². The summed E-state index contributed by atoms with van der Waals surface area (Å²) >= 11 is 3.25. The summed E-state index contributed by atoms with van der Waals surface area (Å²) in [6.07, 6.45) is 0. The van der Waals surface area contributed by atoms with Crippen molar-refractivity contribution < 1.29 is 9.69 Å². The summed E-state index contributed by atoms with van der Waals surface area (Å²) in [6, 6.07) is 18.7. The molecule has 2 heterocycles. The van der Waals surface area contributed by atoms with Crippen LogP contribution in [0.3, 0.4) is 0 Å². The summed E-state index contributed by atoms with van der Waals surface area (Å²) in [5.74, 6) is 0.234. The zero-order valence-corrected chi connectivity index (χ0v) is 17.1. The molecule has 1 atom stereocenters. The molecule has 1 aromatic heterocycles. The molecule has 0 saturated carbocycles. The van der Waals surface area contributed by atoms with Crippen LogP contribution in [0.25, 0.3) is 10.2 Å². The van der Waals surface area contributed by atoms with E-state index in [-0.39, 0.29) is 11.2 Å². The van der Waals surface area contributed by atoms with Gasteiger partial charge in [0.1, 0.15) is 6.54 Å². The lowest BCUT2D eigenvalue weighted by Crippen LogP contribution is -3.13. The first kappa shape index (κ1) is 18.5. The van der Waals surface area contributed by atoms with Crippen molar-refractivity contribution in [3.63, 3.8) is 0 Å². The van der Waals surface area contributed by atoms with Crippen LogP contribution in [0.5, 0.6) is 0 Å². The molecule has 0 unspecified atom stereocenters. The highest BCUT2D eigenvalue weighted by molar-refractivity contribution is 8.02. The smallest absolute Gasteiger partial charge is 0.236 e. The number of quaternary nitrogens is 1. The maximum atomic E-state index is 12.9. The Bertz CT molecular complexity index is 871. The van der Waals surface area contributed by atoms with Crippen molar-refractivity contribution in [1.29, 1.82) is 0 Å². The molecule has 1 amide bonds. The molecule has 1 fully saturated rings. The minimum absolute atomic E-state index is 0.0961. The summed E-state index contributed by atoms with van der Waals surface area (Å²) in [7, 11) is 0. The monoisotopic (exact) mass is 398 g/mol. The minimum atomic E-state index is -0.0961. The molecule has 4 rings (SSSR count). The van der Waals surface area contributed by atoms with E-state index in [0.29, 0.717) is 0 Å². The summed E-state index contributed by atoms with van der Waals surface area (Å²) in [4.78, 5) is 21.1. The number of fused-ring (bicyclic) bond motifs is 1. The van der Waals surface area contributed by atoms with Crippen LogP contribution in [0.15, 0.2) is 58.9 Å². The lowest BCUT2D eigenvalue weighted by molar-refractivity contribution is -0.917. The van der Waals surface area contributed by atoms with Crippen molar-refractivity contribution in [1.82, 2.24) is 9.88 Å². The zero-order valence-electron chi connectivity index (χ0n) is 15.4. The Morgan fingerprint density at radius 2 is 1.85 bits per heavy atom. The second-order valence-electron chi connectivity index (χ2n) is 6.95. The summed E-state index contributed by atoms with van der Waals surface area (Å²) in [5, 5.41) is -0.0961. The first-order valence-corrected chi connectivity index (χ1v) is 11.1. The van der Waals surface area contributed by atoms with E-state index in [9.17, 15) is 4.79 Å². The van der Waals surface area contributed by atoms with Gasteiger partial charge in [0.05, 0.1) is 41.6 Å². The second-order valence-corrected chi connectivity index (χ2v) is 9.56. The van der Waals surface area contributed by atoms with Crippen molar-refractivity contribution in [2.24, 2.45) is 0 Å². The van der Waals surface area contributed by atoms with Crippen molar-refractivity contribution in [2.45, 2.75) is 23.1 Å². The molecule has 0 radical (unpaired) electrons. The van der Waals surface area contributed by atoms with E-state index in [1.54, 1.807) is 28.0 Å². The standard InChI is InChI=1S/C21H23N3OS2/c1-16(26-21-22-18-9-5-6-10-19(18)27-21)20(25)24-13-11-23(12-14-24)15-17-7-3-2-4-8-17/h2-10,16H,11-15H2,1H3/p+1/t16-/m1/s1. The van der Waals surface area contributed by atoms with Crippen molar-refractivity contribution in [3.8, 4) is 0 Å². The molecule has 6 heteroatoms. The molecule has 4 nitrogen and oxygen atoms in total. The molecule has 27 heavy (non-hydrogen) atoms. The third-order valence-corrected chi connectivity index (χ3v) is 7.20. The maximum absolute atomic E-state index is 12.9. The number of amides is 1. The van der Waals surface area contributed by atoms with Crippen LogP contribution in [-0.4, -0.2) is 47.2 Å². The maximum Gasteiger partial charge on any atom is 0.236 e. The predicted octanol–water partition coefficient (Wildman–Crippen LogP) is 2.70. The number of thioether (sulfide) groups is 1. The molecule has 3 aromatic rings. The Labute approximate surface area is 168 Å². The van der Waals surface area contributed by atoms with Crippen LogP contribution >= 0.6 is 23.1 Å². The van der Waals surface area contributed by atoms with E-state index in [1.165, 1.54) is 10.3 Å². The number of benzene rings is 2. The molecule has 0 spiro atoms. The highest BCUT2D eigenvalue weighted by Crippen LogP contribution is 2.32. The second kappa shape index (κ2) is 8.42. The average Bonchev–Trinajstić information content (AvgIpc) is 3.11. The number of nitrogens with zero attached hydrogens (tertiary/aromatic N) is 2. The zero-order chi connectivity index (χ0) is 18.6. The quantitative estimate of drug-likeness (QED) is 0.672. The largest absolute Gasteiger partial charge is 0.330 e. The summed E-state index contributed by atoms with van der Waals surface area (Å²) < 4.78 is 2.16. The van der Waals surface area contributed by atoms with Gasteiger partial charge in [0, 0.05) is 5.56 Å². The van der Waals surface area contributed by atoms with Crippen LogP contribution in [0.2, 0.25) is 0 Å². The fraction of sp³-hybridized carbons (Fsp3) is 0.333. The SMILES string of the molecule is C[C@@H](Sc1nc2ccccc2s1)C(=O)N1CC[NH+](Cc2ccccc2)CC1. The molecule has 2 aromatic carbocycles. The molecule has 0 bridgehead atoms. The number of thiazole rings is 1. The Morgan fingerprint density at radius 3 is 2.59 bits per heavy atom. The van der Waals surface area contributed by atoms with E-state index in [1.807, 2.05) is 30.0 Å². The first-order chi connectivity index (χ1) is 13.2. The number of nitrogens with one attached hydrogen (secondary N) is 1. The number of para-hydroxylation sites is 1. The van der Waals surface area contributed by atoms with E-state index in [0.717, 1.165) is 42.6 Å². The van der Waals surface area contributed by atoms with Gasteiger partial charge in [-0.3, -0.25) is 4.79 Å². The summed E-state index contributed by atoms with van der Waals surface area (Å²) in [5.41, 5.74) is 2.38. The van der Waals surface area contributed by atoms with Gasteiger partial charge in [-0.2, -0.15) is 0 Å². The lowest BCUT2D eigenvalue weighted by atomic mass is 10.2. The molecule has 0 aliphatic carbocycles. The number of hydrogen-bond donors (Lipinski definition) is 1. The van der Waals surface area contributed by atoms with Crippen LogP contribution in [0.4, 0.5) is 0 Å². The molecule has 1 N–H and O–H groups in total. The van der Waals surface area contributed by atoms with Crippen molar-refractivity contribution >= 4 is 39.2 Å². The van der Waals surface area contributed by atoms with Gasteiger partial charge in [-0.05, 0) is 19.1 Å². The van der Waals surface area contributed by atoms with Gasteiger partial charge in [0.2, 0.25) is 5.91 Å². The Morgan fingerprint density at radius 1 is 1.15 bits per heavy atom. The van der Waals surface area contributed by atoms with Crippen molar-refractivity contribution in [3.05, 3.63) is 60.2 Å². The molecular formula is C21H24N3OS2+. The fourth-order valence-electron chi connectivity index (χ4n) is 3.46. The van der Waals surface area contributed by atoms with Crippen LogP contribution in [0, 0.1) is 0 Å². The third kappa shape index (κ3) is 4.51. The molecule has 1 aliphatic rings. The number of carbonyl (C=O) groups excluding carboxylic acids is 1. The van der Waals surface area contributed by atoms with Gasteiger partial charge < -0.3 is 9.80 Å². The van der Waals surface area contributed by atoms with E-state index >= 15 is 0 Å². The van der Waals surface area contributed by atoms with Gasteiger partial charge in [-0.1, -0.05) is 54.2 Å². The minimum Gasteiger partial charge on any atom is -0.330 e. The van der Waals surface area contributed by atoms with Crippen molar-refractivity contribution in [2.75, 3.05) is 26.2 Å². The highest BCUT2D eigenvalue weighted by Gasteiger charge is 2.28. The van der Waals surface area contributed by atoms with E-state index in [4.69, 9.17) is 0 Å². The summed E-state index contributed by atoms with van der Waals surface area (Å²) in [6.45, 7) is 6.75. The molecule has 1 saturated heterocycles. The third-order valence-electron chi connectivity index (χ3n) is 4.98. The first-order valence-electron chi connectivity index (χ1n) is 9.37. The highest BCUT2D eigenvalue weighted by atomic mass is 32.2. The van der Waals surface area contributed by atoms with Crippen LogP contribution in [-0.2, 0) is 11.3 Å². The van der Waals surface area contributed by atoms with Gasteiger partial charge in [0.25, 0.3) is 0 Å². The number of hydrogen-bond acceptors (Lipinski definition) is 4. The average molecular weight is 399 g/mol. The van der Waals surface area contributed by atoms with Gasteiger partial charge in [-0.15, -0.1) is 11.3 Å². The number of rotatable bonds is 5. The molecule has 140 valence electrons. The van der Waals surface area contributed by atoms with Gasteiger partial charge in [-0.25, -0.2) is 4.98 Å². The Balaban J connectivity index is 1.30. The number of carbonyl (C=O) groups is 1. The van der Waals surface area contributed by atoms with E-state index in [2.05, 4.69) is 41.4 Å². The Kier molecular flexibility index (Phi) is 5.76. The lowest BCUT2D eigenvalue weighted by Gasteiger charge is -2.33. The van der Waals surface area contributed by atoms with Gasteiger partial charge in [0.15, 0.2) is 4.34 Å². The fourth-order valence-corrected chi connectivity index (χ4v) is 5.76. The number of aromatic nitrogens is 1.